The smallest absolute Gasteiger partial charge is 0.260 e. The molecule has 1 aliphatic rings. The van der Waals surface area contributed by atoms with Gasteiger partial charge in [0.25, 0.3) is 5.91 Å². The summed E-state index contributed by atoms with van der Waals surface area (Å²) in [5, 5.41) is 0.160. The van der Waals surface area contributed by atoms with Gasteiger partial charge in [0, 0.05) is 32.7 Å². The first-order valence-corrected chi connectivity index (χ1v) is 10.7. The molecule has 0 unspecified atom stereocenters. The van der Waals surface area contributed by atoms with Gasteiger partial charge in [0.2, 0.25) is 10.0 Å². The average Bonchev–Trinajstić information content (AvgIpc) is 2.65. The van der Waals surface area contributed by atoms with Crippen molar-refractivity contribution in [2.24, 2.45) is 0 Å². The normalized spacial score (nSPS) is 15.9. The van der Waals surface area contributed by atoms with Gasteiger partial charge < -0.3 is 14.5 Å². The topological polar surface area (TPSA) is 78.9 Å². The summed E-state index contributed by atoms with van der Waals surface area (Å²) < 4.78 is 32.2. The highest BCUT2D eigenvalue weighted by atomic mass is 35.5. The highest BCUT2D eigenvalue weighted by Crippen LogP contribution is 2.27. The van der Waals surface area contributed by atoms with Crippen molar-refractivity contribution in [2.75, 3.05) is 45.9 Å². The van der Waals surface area contributed by atoms with Gasteiger partial charge in [-0.1, -0.05) is 25.4 Å². The number of benzene rings is 1. The van der Waals surface area contributed by atoms with Crippen LogP contribution in [0.5, 0.6) is 5.75 Å². The Balaban J connectivity index is 1.93. The summed E-state index contributed by atoms with van der Waals surface area (Å²) in [5.41, 5.74) is 0. The molecule has 1 aromatic carbocycles. The lowest BCUT2D eigenvalue weighted by molar-refractivity contribution is -0.135. The van der Waals surface area contributed by atoms with Gasteiger partial charge in [-0.3, -0.25) is 4.79 Å². The lowest BCUT2D eigenvalue weighted by Gasteiger charge is -2.33. The van der Waals surface area contributed by atoms with E-state index in [4.69, 9.17) is 16.3 Å². The lowest BCUT2D eigenvalue weighted by Crippen LogP contribution is -2.49. The minimum Gasteiger partial charge on any atom is -0.482 e. The van der Waals surface area contributed by atoms with Gasteiger partial charge in [0.1, 0.15) is 5.75 Å². The maximum atomic E-state index is 12.3. The standard InChI is InChI=1S/C17H26ClN3O4S/c1-3-7-19-26(23,24)14-5-6-16(15(18)12-14)25-13-17(22)21-10-8-20(4-2)9-11-21/h5-6,12,19H,3-4,7-11,13H2,1-2H3. The Morgan fingerprint density at radius 3 is 2.50 bits per heavy atom. The van der Waals surface area contributed by atoms with Crippen molar-refractivity contribution in [1.29, 1.82) is 0 Å². The number of sulfonamides is 1. The van der Waals surface area contributed by atoms with E-state index in [9.17, 15) is 13.2 Å². The van der Waals surface area contributed by atoms with E-state index in [2.05, 4.69) is 16.5 Å². The molecule has 0 radical (unpaired) electrons. The second-order valence-corrected chi connectivity index (χ2v) is 8.27. The van der Waals surface area contributed by atoms with Crippen LogP contribution in [0.4, 0.5) is 0 Å². The van der Waals surface area contributed by atoms with Crippen molar-refractivity contribution in [3.63, 3.8) is 0 Å². The van der Waals surface area contributed by atoms with Gasteiger partial charge in [-0.25, -0.2) is 13.1 Å². The van der Waals surface area contributed by atoms with Crippen LogP contribution in [0.2, 0.25) is 5.02 Å². The number of likely N-dealkylation sites (N-methyl/N-ethyl adjacent to an activating group) is 1. The molecule has 1 aliphatic heterocycles. The van der Waals surface area contributed by atoms with Crippen molar-refractivity contribution in [2.45, 2.75) is 25.2 Å². The molecule has 0 aliphatic carbocycles. The predicted octanol–water partition coefficient (Wildman–Crippen LogP) is 1.57. The molecule has 2 rings (SSSR count). The van der Waals surface area contributed by atoms with E-state index < -0.39 is 10.0 Å². The lowest BCUT2D eigenvalue weighted by atomic mass is 10.3. The molecule has 0 aromatic heterocycles. The van der Waals surface area contributed by atoms with Crippen molar-refractivity contribution >= 4 is 27.5 Å². The second-order valence-electron chi connectivity index (χ2n) is 6.09. The number of amides is 1. The molecule has 1 heterocycles. The summed E-state index contributed by atoms with van der Waals surface area (Å²) in [7, 11) is -3.59. The van der Waals surface area contributed by atoms with Crippen LogP contribution in [0.25, 0.3) is 0 Å². The van der Waals surface area contributed by atoms with Crippen molar-refractivity contribution in [1.82, 2.24) is 14.5 Å². The third-order valence-electron chi connectivity index (χ3n) is 4.28. The number of rotatable bonds is 8. The molecule has 7 nitrogen and oxygen atoms in total. The summed E-state index contributed by atoms with van der Waals surface area (Å²) in [6.07, 6.45) is 0.697. The highest BCUT2D eigenvalue weighted by Gasteiger charge is 2.21. The molecule has 1 saturated heterocycles. The summed E-state index contributed by atoms with van der Waals surface area (Å²) in [5.74, 6) is 0.194. The zero-order valence-electron chi connectivity index (χ0n) is 15.2. The van der Waals surface area contributed by atoms with Gasteiger partial charge in [0.15, 0.2) is 6.61 Å². The van der Waals surface area contributed by atoms with Crippen molar-refractivity contribution in [3.05, 3.63) is 23.2 Å². The fraction of sp³-hybridized carbons (Fsp3) is 0.588. The molecule has 0 saturated carbocycles. The third kappa shape index (κ3) is 5.57. The van der Waals surface area contributed by atoms with Crippen LogP contribution >= 0.6 is 11.6 Å². The fourth-order valence-corrected chi connectivity index (χ4v) is 4.09. The van der Waals surface area contributed by atoms with Gasteiger partial charge in [0.05, 0.1) is 9.92 Å². The fourth-order valence-electron chi connectivity index (χ4n) is 2.63. The van der Waals surface area contributed by atoms with E-state index in [1.165, 1.54) is 18.2 Å². The Morgan fingerprint density at radius 2 is 1.92 bits per heavy atom. The summed E-state index contributed by atoms with van der Waals surface area (Å²) >= 11 is 6.13. The number of nitrogens with zero attached hydrogens (tertiary/aromatic N) is 2. The maximum Gasteiger partial charge on any atom is 0.260 e. The van der Waals surface area contributed by atoms with Crippen LogP contribution in [0.3, 0.4) is 0 Å². The molecule has 146 valence electrons. The molecule has 1 aromatic rings. The molecule has 0 bridgehead atoms. The number of piperazine rings is 1. The molecule has 0 spiro atoms. The predicted molar refractivity (Wildman–Crippen MR) is 101 cm³/mol. The Labute approximate surface area is 160 Å². The van der Waals surface area contributed by atoms with Crippen molar-refractivity contribution < 1.29 is 17.9 Å². The van der Waals surface area contributed by atoms with Crippen LogP contribution < -0.4 is 9.46 Å². The zero-order chi connectivity index (χ0) is 19.2. The monoisotopic (exact) mass is 403 g/mol. The van der Waals surface area contributed by atoms with Gasteiger partial charge in [-0.2, -0.15) is 0 Å². The minimum absolute atomic E-state index is 0.0744. The van der Waals surface area contributed by atoms with E-state index in [0.717, 1.165) is 19.6 Å². The first-order chi connectivity index (χ1) is 12.4. The first-order valence-electron chi connectivity index (χ1n) is 8.79. The molecular weight excluding hydrogens is 378 g/mol. The SMILES string of the molecule is CCCNS(=O)(=O)c1ccc(OCC(=O)N2CCN(CC)CC2)c(Cl)c1. The van der Waals surface area contributed by atoms with Gasteiger partial charge in [-0.05, 0) is 31.2 Å². The largest absolute Gasteiger partial charge is 0.482 e. The third-order valence-corrected chi connectivity index (χ3v) is 6.03. The average molecular weight is 404 g/mol. The molecule has 0 atom stereocenters. The molecule has 1 amide bonds. The van der Waals surface area contributed by atoms with E-state index in [0.29, 0.717) is 31.8 Å². The summed E-state index contributed by atoms with van der Waals surface area (Å²) in [4.78, 5) is 16.4. The number of hydrogen-bond donors (Lipinski definition) is 1. The van der Waals surface area contributed by atoms with Crippen LogP contribution in [-0.2, 0) is 14.8 Å². The minimum atomic E-state index is -3.59. The maximum absolute atomic E-state index is 12.3. The van der Waals surface area contributed by atoms with E-state index in [1.807, 2.05) is 6.92 Å². The van der Waals surface area contributed by atoms with E-state index in [1.54, 1.807) is 4.90 Å². The Bertz CT molecular complexity index is 719. The zero-order valence-corrected chi connectivity index (χ0v) is 16.8. The number of ether oxygens (including phenoxy) is 1. The number of carbonyl (C=O) groups excluding carboxylic acids is 1. The molecule has 9 heteroatoms. The summed E-state index contributed by atoms with van der Waals surface area (Å²) in [6.45, 7) is 8.30. The number of nitrogens with one attached hydrogen (secondary N) is 1. The van der Waals surface area contributed by atoms with Gasteiger partial charge in [-0.15, -0.1) is 0 Å². The quantitative estimate of drug-likeness (QED) is 0.712. The second kappa shape index (κ2) is 9.55. The number of halogens is 1. The van der Waals surface area contributed by atoms with Crippen LogP contribution in [0, 0.1) is 0 Å². The highest BCUT2D eigenvalue weighted by molar-refractivity contribution is 7.89. The Kier molecular flexibility index (Phi) is 7.69. The van der Waals surface area contributed by atoms with Crippen molar-refractivity contribution in [3.8, 4) is 5.75 Å². The molecule has 1 N–H and O–H groups in total. The number of hydrogen-bond acceptors (Lipinski definition) is 5. The molecule has 1 fully saturated rings. The van der Waals surface area contributed by atoms with E-state index in [-0.39, 0.29) is 22.4 Å². The first kappa shape index (κ1) is 21.0. The molecule has 26 heavy (non-hydrogen) atoms. The van der Waals surface area contributed by atoms with Crippen LogP contribution in [-0.4, -0.2) is 70.0 Å². The number of carbonyl (C=O) groups is 1. The van der Waals surface area contributed by atoms with Crippen LogP contribution in [0.1, 0.15) is 20.3 Å². The van der Waals surface area contributed by atoms with E-state index >= 15 is 0 Å². The van der Waals surface area contributed by atoms with Crippen LogP contribution in [0.15, 0.2) is 23.1 Å². The molecular formula is C17H26ClN3O4S. The Morgan fingerprint density at radius 1 is 1.23 bits per heavy atom. The Hall–Kier alpha value is -1.35. The summed E-state index contributed by atoms with van der Waals surface area (Å²) in [6, 6.07) is 4.23. The van der Waals surface area contributed by atoms with Gasteiger partial charge >= 0.3 is 0 Å².